The van der Waals surface area contributed by atoms with Gasteiger partial charge in [-0.05, 0) is 43.3 Å². The van der Waals surface area contributed by atoms with Gasteiger partial charge in [0.05, 0.1) is 22.6 Å². The molecule has 5 aromatic carbocycles. The number of fused-ring (bicyclic) bond motifs is 3. The van der Waals surface area contributed by atoms with Crippen LogP contribution in [0.1, 0.15) is 34.1 Å². The molecule has 7 heteroatoms. The number of nitrogens with zero attached hydrogens (tertiary/aromatic N) is 4. The van der Waals surface area contributed by atoms with Crippen molar-refractivity contribution in [3.63, 3.8) is 0 Å². The lowest BCUT2D eigenvalue weighted by Crippen LogP contribution is -2.47. The van der Waals surface area contributed by atoms with Crippen molar-refractivity contribution in [2.45, 2.75) is 29.2 Å². The van der Waals surface area contributed by atoms with E-state index in [-0.39, 0.29) is 5.25 Å². The van der Waals surface area contributed by atoms with E-state index in [0.717, 1.165) is 50.2 Å². The molecular formula is C38H30N4O2S. The highest BCUT2D eigenvalue weighted by Crippen LogP contribution is 2.58. The van der Waals surface area contributed by atoms with Gasteiger partial charge in [0, 0.05) is 27.7 Å². The summed E-state index contributed by atoms with van der Waals surface area (Å²) in [5.74, 6) is 2.23. The maximum Gasteiger partial charge on any atom is 0.242 e. The Kier molecular flexibility index (Phi) is 6.88. The quantitative estimate of drug-likeness (QED) is 0.189. The third-order valence-electron chi connectivity index (χ3n) is 8.29. The summed E-state index contributed by atoms with van der Waals surface area (Å²) in [6.45, 7) is 2.07. The maximum absolute atomic E-state index is 6.74. The predicted molar refractivity (Wildman–Crippen MR) is 179 cm³/mol. The lowest BCUT2D eigenvalue weighted by atomic mass is 9.92. The highest BCUT2D eigenvalue weighted by Gasteiger charge is 2.53. The van der Waals surface area contributed by atoms with Crippen molar-refractivity contribution < 1.29 is 9.57 Å². The topological polar surface area (TPSA) is 51.9 Å². The molecular weight excluding hydrogens is 577 g/mol. The summed E-state index contributed by atoms with van der Waals surface area (Å²) in [5.41, 5.74) is 5.02. The molecule has 45 heavy (non-hydrogen) atoms. The van der Waals surface area contributed by atoms with Gasteiger partial charge >= 0.3 is 0 Å². The van der Waals surface area contributed by atoms with Gasteiger partial charge in [0.1, 0.15) is 5.75 Å². The first-order valence-electron chi connectivity index (χ1n) is 15.0. The molecule has 0 spiro atoms. The number of ether oxygens (including phenoxy) is 1. The third-order valence-corrected chi connectivity index (χ3v) is 9.58. The first-order valence-corrected chi connectivity index (χ1v) is 15.9. The number of amidine groups is 1. The number of oxime groups is 1. The van der Waals surface area contributed by atoms with Crippen LogP contribution in [0.25, 0.3) is 5.69 Å². The van der Waals surface area contributed by atoms with Crippen LogP contribution >= 0.6 is 11.8 Å². The summed E-state index contributed by atoms with van der Waals surface area (Å²) in [7, 11) is 0. The fourth-order valence-electron chi connectivity index (χ4n) is 6.26. The number of para-hydroxylation sites is 3. The van der Waals surface area contributed by atoms with E-state index >= 15 is 0 Å². The Balaban J connectivity index is 1.34. The van der Waals surface area contributed by atoms with Crippen molar-refractivity contribution in [3.05, 3.63) is 168 Å². The molecule has 8 rings (SSSR count). The van der Waals surface area contributed by atoms with Gasteiger partial charge in [0.15, 0.2) is 5.84 Å². The lowest BCUT2D eigenvalue weighted by molar-refractivity contribution is -0.0284. The zero-order valence-corrected chi connectivity index (χ0v) is 25.5. The van der Waals surface area contributed by atoms with Gasteiger partial charge in [-0.25, -0.2) is 4.68 Å². The minimum atomic E-state index is -0.915. The number of hydrogen-bond acceptors (Lipinski definition) is 6. The molecule has 2 aliphatic heterocycles. The van der Waals surface area contributed by atoms with Gasteiger partial charge in [-0.2, -0.15) is 5.10 Å². The van der Waals surface area contributed by atoms with Crippen LogP contribution in [0.3, 0.4) is 0 Å². The van der Waals surface area contributed by atoms with Gasteiger partial charge in [-0.15, -0.1) is 11.8 Å². The molecule has 2 unspecified atom stereocenters. The molecule has 0 aliphatic carbocycles. The first-order chi connectivity index (χ1) is 22.2. The zero-order chi connectivity index (χ0) is 30.2. The van der Waals surface area contributed by atoms with Gasteiger partial charge in [0.2, 0.25) is 11.6 Å². The van der Waals surface area contributed by atoms with Crippen molar-refractivity contribution in [3.8, 4) is 17.3 Å². The van der Waals surface area contributed by atoms with Gasteiger partial charge in [-0.1, -0.05) is 114 Å². The maximum atomic E-state index is 6.74. The average molecular weight is 607 g/mol. The summed E-state index contributed by atoms with van der Waals surface area (Å²) in [6.07, 6.45) is 0.586. The van der Waals surface area contributed by atoms with Crippen LogP contribution in [0.4, 0.5) is 5.69 Å². The molecule has 6 aromatic rings. The van der Waals surface area contributed by atoms with E-state index in [1.54, 1.807) is 0 Å². The standard InChI is InChI=1S/C38H30N4O2S/c1-27-35(37(43-31-22-12-5-13-23-31)42(39-27)30-20-10-4-11-21-30)34-26-38(29-18-8-3-9-19-29)41(32-24-14-15-25-33(32)45-34)36(40-44-38)28-16-6-2-7-17-28/h2-25,34H,26H2,1H3. The molecule has 0 saturated carbocycles. The van der Waals surface area contributed by atoms with Crippen molar-refractivity contribution in [2.75, 3.05) is 4.90 Å². The van der Waals surface area contributed by atoms with Crippen LogP contribution in [0.15, 0.2) is 156 Å². The second-order valence-electron chi connectivity index (χ2n) is 11.1. The average Bonchev–Trinajstić information content (AvgIpc) is 3.59. The monoisotopic (exact) mass is 606 g/mol. The summed E-state index contributed by atoms with van der Waals surface area (Å²) in [6, 6.07) is 49.3. The molecule has 0 amide bonds. The number of anilines is 1. The minimum Gasteiger partial charge on any atom is -0.439 e. The van der Waals surface area contributed by atoms with Gasteiger partial charge < -0.3 is 9.57 Å². The van der Waals surface area contributed by atoms with Crippen LogP contribution in [-0.2, 0) is 10.6 Å². The Morgan fingerprint density at radius 2 is 1.38 bits per heavy atom. The number of aryl methyl sites for hydroxylation is 1. The Morgan fingerprint density at radius 1 is 0.756 bits per heavy atom. The van der Waals surface area contributed by atoms with Gasteiger partial charge in [0.25, 0.3) is 0 Å². The second-order valence-corrected chi connectivity index (χ2v) is 12.3. The molecule has 0 bridgehead atoms. The minimum absolute atomic E-state index is 0.0992. The van der Waals surface area contributed by atoms with Crippen molar-refractivity contribution in [1.82, 2.24) is 9.78 Å². The largest absolute Gasteiger partial charge is 0.439 e. The number of hydrogen-bond donors (Lipinski definition) is 0. The van der Waals surface area contributed by atoms with Crippen molar-refractivity contribution in [2.24, 2.45) is 5.16 Å². The van der Waals surface area contributed by atoms with Crippen LogP contribution < -0.4 is 9.64 Å². The van der Waals surface area contributed by atoms with E-state index in [1.165, 1.54) is 0 Å². The Labute approximate surface area is 266 Å². The number of thioether (sulfide) groups is 1. The number of aromatic nitrogens is 2. The normalized spacial score (nSPS) is 18.7. The molecule has 2 aliphatic rings. The predicted octanol–water partition coefficient (Wildman–Crippen LogP) is 9.26. The molecule has 220 valence electrons. The number of benzene rings is 5. The van der Waals surface area contributed by atoms with E-state index < -0.39 is 5.72 Å². The molecule has 2 atom stereocenters. The highest BCUT2D eigenvalue weighted by molar-refractivity contribution is 7.99. The van der Waals surface area contributed by atoms with Crippen molar-refractivity contribution in [1.29, 1.82) is 0 Å². The highest BCUT2D eigenvalue weighted by atomic mass is 32.2. The second kappa shape index (κ2) is 11.3. The van der Waals surface area contributed by atoms with E-state index in [9.17, 15) is 0 Å². The Morgan fingerprint density at radius 3 is 2.11 bits per heavy atom. The summed E-state index contributed by atoms with van der Waals surface area (Å²) in [4.78, 5) is 10.1. The number of rotatable bonds is 6. The van der Waals surface area contributed by atoms with E-state index in [1.807, 2.05) is 89.2 Å². The molecule has 3 heterocycles. The van der Waals surface area contributed by atoms with Crippen LogP contribution in [0.2, 0.25) is 0 Å². The smallest absolute Gasteiger partial charge is 0.242 e. The molecule has 0 radical (unpaired) electrons. The fourth-order valence-corrected chi connectivity index (χ4v) is 7.70. The molecule has 0 fully saturated rings. The SMILES string of the molecule is Cc1nn(-c2ccccc2)c(Oc2ccccc2)c1C1CC2(c3ccccc3)ON=C(c3ccccc3)N2c2ccccc2S1. The van der Waals surface area contributed by atoms with Gasteiger partial charge in [-0.3, -0.25) is 4.90 Å². The van der Waals surface area contributed by atoms with E-state index in [2.05, 4.69) is 84.6 Å². The molecule has 0 N–H and O–H groups in total. The summed E-state index contributed by atoms with van der Waals surface area (Å²) in [5, 5.41) is 9.79. The fraction of sp³-hybridized carbons (Fsp3) is 0.105. The van der Waals surface area contributed by atoms with E-state index in [4.69, 9.17) is 19.8 Å². The van der Waals surface area contributed by atoms with Crippen LogP contribution in [0, 0.1) is 6.92 Å². The summed E-state index contributed by atoms with van der Waals surface area (Å²) < 4.78 is 8.66. The summed E-state index contributed by atoms with van der Waals surface area (Å²) >= 11 is 1.82. The van der Waals surface area contributed by atoms with Crippen LogP contribution in [0.5, 0.6) is 11.6 Å². The van der Waals surface area contributed by atoms with Crippen molar-refractivity contribution >= 4 is 23.3 Å². The van der Waals surface area contributed by atoms with Crippen LogP contribution in [-0.4, -0.2) is 15.6 Å². The lowest BCUT2D eigenvalue weighted by Gasteiger charge is -2.37. The zero-order valence-electron chi connectivity index (χ0n) is 24.7. The molecule has 0 saturated heterocycles. The third kappa shape index (κ3) is 4.76. The molecule has 1 aromatic heterocycles. The van der Waals surface area contributed by atoms with E-state index in [0.29, 0.717) is 12.3 Å². The first kappa shape index (κ1) is 27.3. The Hall–Kier alpha value is -5.27. The Bertz CT molecular complexity index is 1980. The molecule has 6 nitrogen and oxygen atoms in total.